The summed E-state index contributed by atoms with van der Waals surface area (Å²) in [5, 5.41) is 13.8. The van der Waals surface area contributed by atoms with Crippen molar-refractivity contribution in [1.82, 2.24) is 5.32 Å². The van der Waals surface area contributed by atoms with Gasteiger partial charge in [-0.25, -0.2) is 0 Å². The highest BCUT2D eigenvalue weighted by atomic mass is 16.7. The number of carbonyl (C=O) groups excluding carboxylic acids is 1. The van der Waals surface area contributed by atoms with Gasteiger partial charge in [-0.3, -0.25) is 4.79 Å². The van der Waals surface area contributed by atoms with Gasteiger partial charge in [0.1, 0.15) is 24.4 Å². The molecule has 0 aromatic heterocycles. The number of nitrogens with one attached hydrogen (secondary N) is 1. The Morgan fingerprint density at radius 3 is 2.43 bits per heavy atom. The second-order valence-electron chi connectivity index (χ2n) is 6.81. The standard InChI is InChI=1S/C21H23NO6/c1-25-21-16(22-19(24)13-8-4-2-5-9-13)17(23)18-15(27-21)12-26-20(28-18)14-10-6-3-7-11-14/h2-11,15-18,20-21,23H,12H2,1H3,(H,22,24)/t15-,16+,17-,18-,20-,21+/m0/s1. The molecule has 2 aromatic rings. The monoisotopic (exact) mass is 385 g/mol. The largest absolute Gasteiger partial charge is 0.388 e. The molecule has 0 unspecified atom stereocenters. The Bertz CT molecular complexity index is 786. The van der Waals surface area contributed by atoms with E-state index in [1.165, 1.54) is 7.11 Å². The third-order valence-electron chi connectivity index (χ3n) is 5.00. The molecule has 0 radical (unpaired) electrons. The molecule has 2 saturated heterocycles. The number of hydrogen-bond donors (Lipinski definition) is 2. The van der Waals surface area contributed by atoms with Crippen LogP contribution in [0.5, 0.6) is 0 Å². The molecule has 4 rings (SSSR count). The maximum absolute atomic E-state index is 12.6. The van der Waals surface area contributed by atoms with Crippen molar-refractivity contribution in [2.75, 3.05) is 13.7 Å². The first-order chi connectivity index (χ1) is 13.7. The average Bonchev–Trinajstić information content (AvgIpc) is 2.76. The van der Waals surface area contributed by atoms with Gasteiger partial charge in [0.15, 0.2) is 12.6 Å². The SMILES string of the molecule is CO[C@@H]1O[C@H]2CO[C@H](c3ccccc3)O[C@@H]2[C@@H](O)[C@H]1NC(=O)c1ccccc1. The van der Waals surface area contributed by atoms with Gasteiger partial charge in [-0.1, -0.05) is 48.5 Å². The number of rotatable bonds is 4. The van der Waals surface area contributed by atoms with Crippen molar-refractivity contribution in [1.29, 1.82) is 0 Å². The predicted molar refractivity (Wildman–Crippen MR) is 99.4 cm³/mol. The first kappa shape index (κ1) is 19.0. The zero-order chi connectivity index (χ0) is 19.5. The number of hydrogen-bond acceptors (Lipinski definition) is 6. The van der Waals surface area contributed by atoms with Crippen molar-refractivity contribution in [2.24, 2.45) is 0 Å². The highest BCUT2D eigenvalue weighted by Crippen LogP contribution is 2.34. The van der Waals surface area contributed by atoms with Crippen LogP contribution in [0.1, 0.15) is 22.2 Å². The van der Waals surface area contributed by atoms with Gasteiger partial charge in [0.05, 0.1) is 6.61 Å². The summed E-state index contributed by atoms with van der Waals surface area (Å²) in [5.41, 5.74) is 1.34. The molecule has 2 aromatic carbocycles. The highest BCUT2D eigenvalue weighted by molar-refractivity contribution is 5.94. The van der Waals surface area contributed by atoms with Crippen molar-refractivity contribution in [3.63, 3.8) is 0 Å². The molecule has 1 amide bonds. The fourth-order valence-corrected chi connectivity index (χ4v) is 3.55. The summed E-state index contributed by atoms with van der Waals surface area (Å²) in [6.07, 6.45) is -3.60. The van der Waals surface area contributed by atoms with Crippen molar-refractivity contribution in [2.45, 2.75) is 36.9 Å². The lowest BCUT2D eigenvalue weighted by molar-refractivity contribution is -0.340. The van der Waals surface area contributed by atoms with Gasteiger partial charge in [0, 0.05) is 18.2 Å². The van der Waals surface area contributed by atoms with Crippen molar-refractivity contribution in [3.8, 4) is 0 Å². The predicted octanol–water partition coefficient (Wildman–Crippen LogP) is 1.63. The lowest BCUT2D eigenvalue weighted by atomic mass is 9.95. The summed E-state index contributed by atoms with van der Waals surface area (Å²) in [6, 6.07) is 17.5. The van der Waals surface area contributed by atoms with E-state index in [1.807, 2.05) is 36.4 Å². The van der Waals surface area contributed by atoms with Crippen LogP contribution in [0.2, 0.25) is 0 Å². The van der Waals surface area contributed by atoms with Gasteiger partial charge in [0.25, 0.3) is 5.91 Å². The summed E-state index contributed by atoms with van der Waals surface area (Å²) in [6.45, 7) is 0.250. The first-order valence-corrected chi connectivity index (χ1v) is 9.21. The van der Waals surface area contributed by atoms with Crippen LogP contribution in [-0.2, 0) is 18.9 Å². The van der Waals surface area contributed by atoms with E-state index in [0.29, 0.717) is 5.56 Å². The zero-order valence-corrected chi connectivity index (χ0v) is 15.4. The number of aliphatic hydroxyl groups is 1. The van der Waals surface area contributed by atoms with Gasteiger partial charge in [-0.05, 0) is 12.1 Å². The maximum Gasteiger partial charge on any atom is 0.251 e. The number of carbonyl (C=O) groups is 1. The Balaban J connectivity index is 1.50. The third kappa shape index (κ3) is 3.80. The fourth-order valence-electron chi connectivity index (χ4n) is 3.55. The molecule has 148 valence electrons. The number of fused-ring (bicyclic) bond motifs is 1. The minimum atomic E-state index is -1.02. The Morgan fingerprint density at radius 1 is 1.07 bits per heavy atom. The van der Waals surface area contributed by atoms with Crippen LogP contribution in [0.3, 0.4) is 0 Å². The van der Waals surface area contributed by atoms with Gasteiger partial charge in [-0.15, -0.1) is 0 Å². The minimum Gasteiger partial charge on any atom is -0.388 e. The lowest BCUT2D eigenvalue weighted by Gasteiger charge is -2.47. The van der Waals surface area contributed by atoms with Crippen LogP contribution in [0.4, 0.5) is 0 Å². The molecule has 2 N–H and O–H groups in total. The Labute approximate surface area is 163 Å². The van der Waals surface area contributed by atoms with Crippen LogP contribution in [-0.4, -0.2) is 55.4 Å². The molecule has 0 saturated carbocycles. The van der Waals surface area contributed by atoms with E-state index < -0.39 is 36.9 Å². The number of aliphatic hydroxyl groups excluding tert-OH is 1. The molecule has 2 aliphatic rings. The summed E-state index contributed by atoms with van der Waals surface area (Å²) in [5.74, 6) is -0.319. The van der Waals surface area contributed by atoms with Gasteiger partial charge < -0.3 is 29.4 Å². The molecule has 0 aliphatic carbocycles. The fraction of sp³-hybridized carbons (Fsp3) is 0.381. The topological polar surface area (TPSA) is 86.2 Å². The smallest absolute Gasteiger partial charge is 0.251 e. The lowest BCUT2D eigenvalue weighted by Crippen LogP contribution is -2.66. The summed E-state index contributed by atoms with van der Waals surface area (Å²) >= 11 is 0. The Morgan fingerprint density at radius 2 is 1.75 bits per heavy atom. The van der Waals surface area contributed by atoms with Crippen LogP contribution in [0, 0.1) is 0 Å². The van der Waals surface area contributed by atoms with E-state index in [2.05, 4.69) is 5.32 Å². The zero-order valence-electron chi connectivity index (χ0n) is 15.4. The molecule has 0 bridgehead atoms. The molecular weight excluding hydrogens is 362 g/mol. The van der Waals surface area contributed by atoms with Crippen LogP contribution in [0.15, 0.2) is 60.7 Å². The number of benzene rings is 2. The van der Waals surface area contributed by atoms with E-state index >= 15 is 0 Å². The molecule has 28 heavy (non-hydrogen) atoms. The third-order valence-corrected chi connectivity index (χ3v) is 5.00. The Kier molecular flexibility index (Phi) is 5.70. The van der Waals surface area contributed by atoms with Crippen LogP contribution < -0.4 is 5.32 Å². The van der Waals surface area contributed by atoms with E-state index in [1.54, 1.807) is 24.3 Å². The summed E-state index contributed by atoms with van der Waals surface area (Å²) in [7, 11) is 1.47. The molecule has 2 heterocycles. The van der Waals surface area contributed by atoms with Crippen molar-refractivity contribution >= 4 is 5.91 Å². The molecule has 0 spiro atoms. The van der Waals surface area contributed by atoms with Crippen LogP contribution in [0.25, 0.3) is 0 Å². The molecule has 2 fully saturated rings. The van der Waals surface area contributed by atoms with Crippen molar-refractivity contribution in [3.05, 3.63) is 71.8 Å². The van der Waals surface area contributed by atoms with E-state index in [9.17, 15) is 9.90 Å². The number of methoxy groups -OCH3 is 1. The Hall–Kier alpha value is -2.29. The van der Waals surface area contributed by atoms with E-state index in [-0.39, 0.29) is 12.5 Å². The highest BCUT2D eigenvalue weighted by Gasteiger charge is 2.50. The molecule has 2 aliphatic heterocycles. The normalized spacial score (nSPS) is 32.4. The second-order valence-corrected chi connectivity index (χ2v) is 6.81. The molecule has 7 heteroatoms. The van der Waals surface area contributed by atoms with Gasteiger partial charge >= 0.3 is 0 Å². The van der Waals surface area contributed by atoms with E-state index in [4.69, 9.17) is 18.9 Å². The number of amides is 1. The number of ether oxygens (including phenoxy) is 4. The molecule has 7 nitrogen and oxygen atoms in total. The summed E-state index contributed by atoms with van der Waals surface area (Å²) < 4.78 is 23.0. The average molecular weight is 385 g/mol. The first-order valence-electron chi connectivity index (χ1n) is 9.21. The minimum absolute atomic E-state index is 0.250. The quantitative estimate of drug-likeness (QED) is 0.832. The maximum atomic E-state index is 12.6. The van der Waals surface area contributed by atoms with Gasteiger partial charge in [0.2, 0.25) is 0 Å². The van der Waals surface area contributed by atoms with Crippen molar-refractivity contribution < 1.29 is 28.8 Å². The van der Waals surface area contributed by atoms with Crippen LogP contribution >= 0.6 is 0 Å². The summed E-state index contributed by atoms with van der Waals surface area (Å²) in [4.78, 5) is 12.6. The molecule has 6 atom stereocenters. The van der Waals surface area contributed by atoms with Gasteiger partial charge in [-0.2, -0.15) is 0 Å². The second kappa shape index (κ2) is 8.38. The molecular formula is C21H23NO6. The van der Waals surface area contributed by atoms with E-state index in [0.717, 1.165) is 5.56 Å².